The van der Waals surface area contributed by atoms with E-state index < -0.39 is 11.9 Å². The number of thiophene rings is 1. The molecule has 0 spiro atoms. The molecule has 0 atom stereocenters. The zero-order valence-electron chi connectivity index (χ0n) is 15.2. The van der Waals surface area contributed by atoms with Gasteiger partial charge in [0.15, 0.2) is 0 Å². The lowest BCUT2D eigenvalue weighted by molar-refractivity contribution is -0.120. The maximum absolute atomic E-state index is 12.7. The quantitative estimate of drug-likeness (QED) is 0.709. The number of imide groups is 1. The first-order valence-electron chi connectivity index (χ1n) is 9.25. The molecule has 0 saturated heterocycles. The number of urea groups is 1. The molecular weight excluding hydrogens is 376 g/mol. The molecular formula is C20H20N4O3S. The molecule has 0 bridgehead atoms. The lowest BCUT2D eigenvalue weighted by atomic mass is 10.2. The summed E-state index contributed by atoms with van der Waals surface area (Å²) < 4.78 is 1.22. The van der Waals surface area contributed by atoms with Crippen LogP contribution in [0.2, 0.25) is 0 Å². The minimum atomic E-state index is -0.544. The topological polar surface area (TPSA) is 93.1 Å². The van der Waals surface area contributed by atoms with Crippen LogP contribution >= 0.6 is 11.3 Å². The average molecular weight is 396 g/mol. The SMILES string of the molecule is O=C(Cn1cnc2sc(-c3ccccc3)cc2c1=O)NC(=O)NC1CCCC1. The minimum Gasteiger partial charge on any atom is -0.335 e. The number of hydrogen-bond donors (Lipinski definition) is 2. The molecule has 7 nitrogen and oxygen atoms in total. The molecule has 1 aromatic carbocycles. The van der Waals surface area contributed by atoms with E-state index in [0.717, 1.165) is 36.1 Å². The summed E-state index contributed by atoms with van der Waals surface area (Å²) in [6, 6.07) is 11.2. The first-order chi connectivity index (χ1) is 13.6. The third kappa shape index (κ3) is 3.96. The molecule has 1 aliphatic rings. The third-order valence-corrected chi connectivity index (χ3v) is 5.93. The van der Waals surface area contributed by atoms with Gasteiger partial charge < -0.3 is 5.32 Å². The number of aromatic nitrogens is 2. The van der Waals surface area contributed by atoms with Crippen LogP contribution < -0.4 is 16.2 Å². The number of hydrogen-bond acceptors (Lipinski definition) is 5. The predicted molar refractivity (Wildman–Crippen MR) is 108 cm³/mol. The van der Waals surface area contributed by atoms with Crippen molar-refractivity contribution in [2.45, 2.75) is 38.3 Å². The van der Waals surface area contributed by atoms with Crippen LogP contribution in [0.15, 0.2) is 47.5 Å². The Hall–Kier alpha value is -3.00. The first kappa shape index (κ1) is 18.4. The molecule has 0 aliphatic heterocycles. The second-order valence-corrected chi connectivity index (χ2v) is 7.91. The highest BCUT2D eigenvalue weighted by Crippen LogP contribution is 2.30. The fourth-order valence-electron chi connectivity index (χ4n) is 3.43. The zero-order valence-corrected chi connectivity index (χ0v) is 16.0. The van der Waals surface area contributed by atoms with E-state index in [-0.39, 0.29) is 18.1 Å². The van der Waals surface area contributed by atoms with E-state index in [1.54, 1.807) is 6.07 Å². The highest BCUT2D eigenvalue weighted by Gasteiger charge is 2.19. The number of carbonyl (C=O) groups is 2. The molecule has 2 heterocycles. The zero-order chi connectivity index (χ0) is 19.5. The lowest BCUT2D eigenvalue weighted by Gasteiger charge is -2.12. The molecule has 0 unspecified atom stereocenters. The second-order valence-electron chi connectivity index (χ2n) is 6.88. The van der Waals surface area contributed by atoms with Crippen molar-refractivity contribution in [2.75, 3.05) is 0 Å². The summed E-state index contributed by atoms with van der Waals surface area (Å²) in [5.41, 5.74) is 0.715. The molecule has 1 saturated carbocycles. The van der Waals surface area contributed by atoms with E-state index in [2.05, 4.69) is 15.6 Å². The van der Waals surface area contributed by atoms with E-state index in [0.29, 0.717) is 10.2 Å². The van der Waals surface area contributed by atoms with E-state index >= 15 is 0 Å². The number of nitrogens with one attached hydrogen (secondary N) is 2. The Kier molecular flexibility index (Phi) is 5.21. The Morgan fingerprint density at radius 3 is 2.68 bits per heavy atom. The van der Waals surface area contributed by atoms with Gasteiger partial charge in [0.05, 0.1) is 11.7 Å². The summed E-state index contributed by atoms with van der Waals surface area (Å²) in [5, 5.41) is 5.54. The molecule has 3 amide bonds. The summed E-state index contributed by atoms with van der Waals surface area (Å²) in [6.07, 6.45) is 5.40. The van der Waals surface area contributed by atoms with Gasteiger partial charge in [-0.1, -0.05) is 43.2 Å². The van der Waals surface area contributed by atoms with Gasteiger partial charge in [-0.2, -0.15) is 0 Å². The van der Waals surface area contributed by atoms with Crippen LogP contribution in [0.1, 0.15) is 25.7 Å². The minimum absolute atomic E-state index is 0.121. The van der Waals surface area contributed by atoms with Crippen LogP contribution in [0.4, 0.5) is 4.79 Å². The molecule has 1 fully saturated rings. The maximum Gasteiger partial charge on any atom is 0.321 e. The third-order valence-electron chi connectivity index (χ3n) is 4.83. The summed E-state index contributed by atoms with van der Waals surface area (Å²) >= 11 is 1.43. The average Bonchev–Trinajstić information content (AvgIpc) is 3.34. The Labute approximate surface area is 165 Å². The van der Waals surface area contributed by atoms with Crippen molar-refractivity contribution >= 4 is 33.5 Å². The van der Waals surface area contributed by atoms with E-state index in [9.17, 15) is 14.4 Å². The van der Waals surface area contributed by atoms with Crippen molar-refractivity contribution in [3.05, 3.63) is 53.1 Å². The maximum atomic E-state index is 12.7. The molecule has 2 aromatic heterocycles. The van der Waals surface area contributed by atoms with E-state index in [4.69, 9.17) is 0 Å². The fourth-order valence-corrected chi connectivity index (χ4v) is 4.42. The van der Waals surface area contributed by atoms with Crippen molar-refractivity contribution in [3.63, 3.8) is 0 Å². The normalized spacial score (nSPS) is 14.3. The molecule has 8 heteroatoms. The summed E-state index contributed by atoms with van der Waals surface area (Å²) in [7, 11) is 0. The second kappa shape index (κ2) is 7.93. The van der Waals surface area contributed by atoms with Crippen LogP contribution in [0.5, 0.6) is 0 Å². The Morgan fingerprint density at radius 1 is 1.18 bits per heavy atom. The number of rotatable bonds is 4. The monoisotopic (exact) mass is 396 g/mol. The van der Waals surface area contributed by atoms with Crippen LogP contribution in [0.25, 0.3) is 20.7 Å². The predicted octanol–water partition coefficient (Wildman–Crippen LogP) is 2.89. The van der Waals surface area contributed by atoms with Crippen molar-refractivity contribution in [2.24, 2.45) is 0 Å². The molecule has 1 aliphatic carbocycles. The largest absolute Gasteiger partial charge is 0.335 e. The van der Waals surface area contributed by atoms with Crippen LogP contribution in [0.3, 0.4) is 0 Å². The Balaban J connectivity index is 1.48. The van der Waals surface area contributed by atoms with Crippen molar-refractivity contribution in [3.8, 4) is 10.4 Å². The summed E-state index contributed by atoms with van der Waals surface area (Å²) in [6.45, 7) is -0.254. The molecule has 0 radical (unpaired) electrons. The van der Waals surface area contributed by atoms with Gasteiger partial charge in [-0.15, -0.1) is 11.3 Å². The number of carbonyl (C=O) groups excluding carboxylic acids is 2. The highest BCUT2D eigenvalue weighted by atomic mass is 32.1. The van der Waals surface area contributed by atoms with Gasteiger partial charge in [-0.05, 0) is 24.5 Å². The smallest absolute Gasteiger partial charge is 0.321 e. The Morgan fingerprint density at radius 2 is 1.93 bits per heavy atom. The van der Waals surface area contributed by atoms with Gasteiger partial charge in [0.25, 0.3) is 5.56 Å². The van der Waals surface area contributed by atoms with Crippen molar-refractivity contribution in [1.82, 2.24) is 20.2 Å². The van der Waals surface area contributed by atoms with Gasteiger partial charge >= 0.3 is 6.03 Å². The van der Waals surface area contributed by atoms with Gasteiger partial charge in [0, 0.05) is 10.9 Å². The fraction of sp³-hybridized carbons (Fsp3) is 0.300. The van der Waals surface area contributed by atoms with Crippen LogP contribution in [-0.4, -0.2) is 27.5 Å². The van der Waals surface area contributed by atoms with E-state index in [1.165, 1.54) is 22.2 Å². The first-order valence-corrected chi connectivity index (χ1v) is 10.1. The molecule has 4 rings (SSSR count). The molecule has 28 heavy (non-hydrogen) atoms. The Bertz CT molecular complexity index is 1070. The molecule has 3 aromatic rings. The lowest BCUT2D eigenvalue weighted by Crippen LogP contribution is -2.45. The van der Waals surface area contributed by atoms with Gasteiger partial charge in [0.2, 0.25) is 5.91 Å². The van der Waals surface area contributed by atoms with E-state index in [1.807, 2.05) is 30.3 Å². The standard InChI is InChI=1S/C20H20N4O3S/c25-17(23-20(27)22-14-8-4-5-9-14)11-24-12-21-18-15(19(24)26)10-16(28-18)13-6-2-1-3-7-13/h1-3,6-7,10,12,14H,4-5,8-9,11H2,(H2,22,23,25,27). The van der Waals surface area contributed by atoms with Crippen molar-refractivity contribution < 1.29 is 9.59 Å². The van der Waals surface area contributed by atoms with Crippen molar-refractivity contribution in [1.29, 1.82) is 0 Å². The summed E-state index contributed by atoms with van der Waals surface area (Å²) in [5.74, 6) is -0.544. The number of fused-ring (bicyclic) bond motifs is 1. The van der Waals surface area contributed by atoms with Gasteiger partial charge in [0.1, 0.15) is 11.4 Å². The molecule has 144 valence electrons. The van der Waals surface area contributed by atoms with Gasteiger partial charge in [-0.25, -0.2) is 9.78 Å². The number of nitrogens with zero attached hydrogens (tertiary/aromatic N) is 2. The highest BCUT2D eigenvalue weighted by molar-refractivity contribution is 7.21. The summed E-state index contributed by atoms with van der Waals surface area (Å²) in [4.78, 5) is 42.7. The number of benzene rings is 1. The number of amides is 3. The molecule has 2 N–H and O–H groups in total. The van der Waals surface area contributed by atoms with Gasteiger partial charge in [-0.3, -0.25) is 19.5 Å². The van der Waals surface area contributed by atoms with Crippen LogP contribution in [-0.2, 0) is 11.3 Å². The van der Waals surface area contributed by atoms with Crippen LogP contribution in [0, 0.1) is 0 Å².